The number of aromatic nitrogens is 2. The molecule has 10 heteroatoms. The maximum atomic E-state index is 12.9. The first-order chi connectivity index (χ1) is 14.1. The number of non-ortho nitro benzene ring substituents is 1. The number of anilines is 1. The van der Waals surface area contributed by atoms with E-state index in [0.29, 0.717) is 22.5 Å². The number of fused-ring (bicyclic) bond motifs is 1. The summed E-state index contributed by atoms with van der Waals surface area (Å²) < 4.78 is 25.6. The molecule has 0 fully saturated rings. The summed E-state index contributed by atoms with van der Waals surface area (Å²) in [5.74, 6) is -0.576. The van der Waals surface area contributed by atoms with Gasteiger partial charge in [0.15, 0.2) is 9.84 Å². The van der Waals surface area contributed by atoms with E-state index in [1.54, 1.807) is 12.1 Å². The Kier molecular flexibility index (Phi) is 4.65. The lowest BCUT2D eigenvalue weighted by molar-refractivity contribution is -0.384. The van der Waals surface area contributed by atoms with Crippen LogP contribution in [0.3, 0.4) is 0 Å². The van der Waals surface area contributed by atoms with Crippen LogP contribution < -0.4 is 5.32 Å². The zero-order valence-corrected chi connectivity index (χ0v) is 17.1. The van der Waals surface area contributed by atoms with Gasteiger partial charge in [-0.25, -0.2) is 13.1 Å². The molecule has 0 radical (unpaired) electrons. The summed E-state index contributed by atoms with van der Waals surface area (Å²) in [6.45, 7) is 3.77. The Hall–Kier alpha value is -3.53. The standard InChI is InChI=1S/C20H18N4O5S/c1-12-7-13(2)9-14(8-12)20(25)21-19-17-10-30(28,29)11-18(17)22-23(19)15-3-5-16(6-4-15)24(26)27/h3-9H,10-11H2,1-2H3,(H,21,25). The fourth-order valence-electron chi connectivity index (χ4n) is 3.56. The van der Waals surface area contributed by atoms with E-state index in [1.807, 2.05) is 19.9 Å². The molecule has 1 aliphatic heterocycles. The van der Waals surface area contributed by atoms with Gasteiger partial charge in [0.05, 0.1) is 27.8 Å². The topological polar surface area (TPSA) is 124 Å². The molecule has 4 rings (SSSR count). The number of nitro groups is 1. The maximum Gasteiger partial charge on any atom is 0.269 e. The van der Waals surface area contributed by atoms with Gasteiger partial charge in [-0.2, -0.15) is 5.10 Å². The number of nitrogens with one attached hydrogen (secondary N) is 1. The van der Waals surface area contributed by atoms with E-state index in [2.05, 4.69) is 10.4 Å². The molecule has 0 unspecified atom stereocenters. The van der Waals surface area contributed by atoms with Crippen LogP contribution in [-0.4, -0.2) is 29.0 Å². The number of nitro benzene ring substituents is 1. The summed E-state index contributed by atoms with van der Waals surface area (Å²) in [6, 6.07) is 11.1. The fourth-order valence-corrected chi connectivity index (χ4v) is 5.05. The van der Waals surface area contributed by atoms with Gasteiger partial charge in [-0.3, -0.25) is 14.9 Å². The van der Waals surface area contributed by atoms with Crippen LogP contribution in [0.25, 0.3) is 5.69 Å². The number of nitrogens with zero attached hydrogens (tertiary/aromatic N) is 3. The molecule has 0 atom stereocenters. The van der Waals surface area contributed by atoms with Crippen LogP contribution in [0.5, 0.6) is 0 Å². The predicted molar refractivity (Wildman–Crippen MR) is 110 cm³/mol. The molecule has 1 amide bonds. The average molecular weight is 426 g/mol. The molecule has 154 valence electrons. The van der Waals surface area contributed by atoms with Gasteiger partial charge in [-0.15, -0.1) is 0 Å². The van der Waals surface area contributed by atoms with Crippen LogP contribution >= 0.6 is 0 Å². The van der Waals surface area contributed by atoms with E-state index in [9.17, 15) is 23.3 Å². The van der Waals surface area contributed by atoms with Crippen molar-refractivity contribution in [3.05, 3.63) is 80.5 Å². The molecule has 1 N–H and O–H groups in total. The molecular weight excluding hydrogens is 408 g/mol. The van der Waals surface area contributed by atoms with Crippen molar-refractivity contribution < 1.29 is 18.1 Å². The quantitative estimate of drug-likeness (QED) is 0.505. The monoisotopic (exact) mass is 426 g/mol. The highest BCUT2D eigenvalue weighted by Crippen LogP contribution is 2.33. The van der Waals surface area contributed by atoms with Crippen molar-refractivity contribution in [3.8, 4) is 5.69 Å². The lowest BCUT2D eigenvalue weighted by atomic mass is 10.1. The summed E-state index contributed by atoms with van der Waals surface area (Å²) in [5.41, 5.74) is 3.49. The molecule has 3 aromatic rings. The number of rotatable bonds is 4. The first-order valence-corrected chi connectivity index (χ1v) is 10.9. The molecule has 0 saturated carbocycles. The summed E-state index contributed by atoms with van der Waals surface area (Å²) in [5, 5.41) is 18.1. The van der Waals surface area contributed by atoms with E-state index >= 15 is 0 Å². The molecule has 0 spiro atoms. The zero-order chi connectivity index (χ0) is 21.6. The van der Waals surface area contributed by atoms with E-state index in [0.717, 1.165) is 11.1 Å². The Morgan fingerprint density at radius 3 is 2.33 bits per heavy atom. The fraction of sp³-hybridized carbons (Fsp3) is 0.200. The number of amides is 1. The second-order valence-electron chi connectivity index (χ2n) is 7.32. The summed E-state index contributed by atoms with van der Waals surface area (Å²) >= 11 is 0. The number of hydrogen-bond donors (Lipinski definition) is 1. The van der Waals surface area contributed by atoms with Crippen LogP contribution in [0.2, 0.25) is 0 Å². The molecule has 0 bridgehead atoms. The third-order valence-electron chi connectivity index (χ3n) is 4.81. The van der Waals surface area contributed by atoms with Crippen molar-refractivity contribution in [3.63, 3.8) is 0 Å². The van der Waals surface area contributed by atoms with Gasteiger partial charge in [-0.05, 0) is 38.1 Å². The van der Waals surface area contributed by atoms with Gasteiger partial charge in [0.1, 0.15) is 5.82 Å². The minimum absolute atomic E-state index is 0.0816. The normalized spacial score (nSPS) is 14.3. The van der Waals surface area contributed by atoms with Crippen molar-refractivity contribution in [1.82, 2.24) is 9.78 Å². The Bertz CT molecular complexity index is 1270. The number of hydrogen-bond acceptors (Lipinski definition) is 6. The van der Waals surface area contributed by atoms with Crippen molar-refractivity contribution in [2.45, 2.75) is 25.4 Å². The molecule has 0 saturated heterocycles. The van der Waals surface area contributed by atoms with Gasteiger partial charge in [0.2, 0.25) is 0 Å². The lowest BCUT2D eigenvalue weighted by Crippen LogP contribution is -2.17. The molecule has 2 heterocycles. The molecule has 1 aromatic heterocycles. The van der Waals surface area contributed by atoms with Crippen molar-refractivity contribution in [2.24, 2.45) is 0 Å². The second-order valence-corrected chi connectivity index (χ2v) is 9.39. The van der Waals surface area contributed by atoms with Gasteiger partial charge in [-0.1, -0.05) is 17.2 Å². The zero-order valence-electron chi connectivity index (χ0n) is 16.2. The van der Waals surface area contributed by atoms with Gasteiger partial charge in [0.25, 0.3) is 11.6 Å². The summed E-state index contributed by atoms with van der Waals surface area (Å²) in [6.07, 6.45) is 0. The Morgan fingerprint density at radius 2 is 1.73 bits per heavy atom. The first-order valence-electron chi connectivity index (χ1n) is 9.08. The maximum absolute atomic E-state index is 12.9. The van der Waals surface area contributed by atoms with Crippen molar-refractivity contribution in [2.75, 3.05) is 5.32 Å². The Labute approximate surface area is 172 Å². The van der Waals surface area contributed by atoms with E-state index in [1.165, 1.54) is 28.9 Å². The number of sulfone groups is 1. The van der Waals surface area contributed by atoms with Crippen LogP contribution in [-0.2, 0) is 21.3 Å². The van der Waals surface area contributed by atoms with E-state index in [4.69, 9.17) is 0 Å². The van der Waals surface area contributed by atoms with Crippen LogP contribution in [0.4, 0.5) is 11.5 Å². The number of carbonyl (C=O) groups is 1. The van der Waals surface area contributed by atoms with Crippen LogP contribution in [0.1, 0.15) is 32.7 Å². The highest BCUT2D eigenvalue weighted by Gasteiger charge is 2.33. The highest BCUT2D eigenvalue weighted by molar-refractivity contribution is 7.90. The molecule has 1 aliphatic rings. The molecule has 0 aliphatic carbocycles. The molecule has 2 aromatic carbocycles. The average Bonchev–Trinajstić information content (AvgIpc) is 3.13. The SMILES string of the molecule is Cc1cc(C)cc(C(=O)Nc2c3c(nn2-c2ccc([N+](=O)[O-])cc2)CS(=O)(=O)C3)c1. The van der Waals surface area contributed by atoms with Crippen molar-refractivity contribution in [1.29, 1.82) is 0 Å². The summed E-state index contributed by atoms with van der Waals surface area (Å²) in [4.78, 5) is 23.3. The molecule has 30 heavy (non-hydrogen) atoms. The Morgan fingerprint density at radius 1 is 1.10 bits per heavy atom. The third kappa shape index (κ3) is 3.69. The highest BCUT2D eigenvalue weighted by atomic mass is 32.2. The first kappa shape index (κ1) is 19.8. The second kappa shape index (κ2) is 7.06. The third-order valence-corrected chi connectivity index (χ3v) is 6.25. The van der Waals surface area contributed by atoms with Crippen LogP contribution in [0.15, 0.2) is 42.5 Å². The van der Waals surface area contributed by atoms with E-state index in [-0.39, 0.29) is 23.0 Å². The Balaban J connectivity index is 1.77. The minimum atomic E-state index is -3.33. The van der Waals surface area contributed by atoms with Crippen LogP contribution in [0, 0.1) is 24.0 Å². The van der Waals surface area contributed by atoms with Gasteiger partial charge >= 0.3 is 0 Å². The number of carbonyl (C=O) groups excluding carboxylic acids is 1. The lowest BCUT2D eigenvalue weighted by Gasteiger charge is -2.12. The largest absolute Gasteiger partial charge is 0.306 e. The predicted octanol–water partition coefficient (Wildman–Crippen LogP) is 3.08. The number of aryl methyl sites for hydroxylation is 2. The smallest absolute Gasteiger partial charge is 0.269 e. The van der Waals surface area contributed by atoms with Gasteiger partial charge in [0, 0.05) is 23.3 Å². The van der Waals surface area contributed by atoms with Crippen molar-refractivity contribution >= 4 is 27.2 Å². The minimum Gasteiger partial charge on any atom is -0.306 e. The molecule has 9 nitrogen and oxygen atoms in total. The molecular formula is C20H18N4O5S. The number of benzene rings is 2. The van der Waals surface area contributed by atoms with Gasteiger partial charge < -0.3 is 5.32 Å². The van der Waals surface area contributed by atoms with E-state index < -0.39 is 20.7 Å². The summed E-state index contributed by atoms with van der Waals surface area (Å²) in [7, 11) is -3.33.